The molecule has 0 aliphatic carbocycles. The molecule has 0 saturated carbocycles. The highest BCUT2D eigenvalue weighted by atomic mass is 127. The maximum Gasteiger partial charge on any atom is 0.340 e. The average molecular weight is 574 g/mol. The first-order valence-electron chi connectivity index (χ1n) is 4.67. The third-order valence-corrected chi connectivity index (χ3v) is 7.17. The Balaban J connectivity index is 3.44. The maximum absolute atomic E-state index is 11.1. The minimum Gasteiger partial charge on any atom is -0.504 e. The Morgan fingerprint density at radius 3 is 2.29 bits per heavy atom. The van der Waals surface area contributed by atoms with Gasteiger partial charge in [0.05, 0.1) is 10.2 Å². The van der Waals surface area contributed by atoms with Crippen molar-refractivity contribution in [2.75, 3.05) is 6.61 Å². The van der Waals surface area contributed by atoms with E-state index in [0.717, 1.165) is 13.6 Å². The standard InChI is InChI=1S/C10H9I3O4/c1-2-3-17-9-7(13)6(12)5(11)4(8(9)14)10(15)16/h14H,2-3H2,1H3,(H,15,16). The van der Waals surface area contributed by atoms with E-state index in [-0.39, 0.29) is 17.1 Å². The van der Waals surface area contributed by atoms with E-state index in [2.05, 4.69) is 22.6 Å². The lowest BCUT2D eigenvalue weighted by atomic mass is 10.2. The summed E-state index contributed by atoms with van der Waals surface area (Å²) in [6, 6.07) is 0. The highest BCUT2D eigenvalue weighted by molar-refractivity contribution is 14.1. The van der Waals surface area contributed by atoms with Crippen molar-refractivity contribution in [2.24, 2.45) is 0 Å². The summed E-state index contributed by atoms with van der Waals surface area (Å²) < 4.78 is 7.47. The van der Waals surface area contributed by atoms with Crippen molar-refractivity contribution in [1.82, 2.24) is 0 Å². The summed E-state index contributed by atoms with van der Waals surface area (Å²) in [5, 5.41) is 19.0. The zero-order valence-corrected chi connectivity index (χ0v) is 15.2. The number of benzene rings is 1. The van der Waals surface area contributed by atoms with Gasteiger partial charge in [0.25, 0.3) is 0 Å². The van der Waals surface area contributed by atoms with Crippen LogP contribution < -0.4 is 4.74 Å². The summed E-state index contributed by atoms with van der Waals surface area (Å²) in [6.07, 6.45) is 0.792. The smallest absolute Gasteiger partial charge is 0.340 e. The molecule has 0 amide bonds. The number of carbonyl (C=O) groups is 1. The van der Waals surface area contributed by atoms with Gasteiger partial charge in [0.2, 0.25) is 0 Å². The van der Waals surface area contributed by atoms with Crippen LogP contribution in [0.25, 0.3) is 0 Å². The summed E-state index contributed by atoms with van der Waals surface area (Å²) in [6.45, 7) is 2.39. The second-order valence-corrected chi connectivity index (χ2v) is 6.38. The fraction of sp³-hybridized carbons (Fsp3) is 0.300. The number of carboxylic acids is 1. The van der Waals surface area contributed by atoms with Crippen LogP contribution in [0.2, 0.25) is 0 Å². The van der Waals surface area contributed by atoms with Crippen molar-refractivity contribution < 1.29 is 19.7 Å². The van der Waals surface area contributed by atoms with Gasteiger partial charge in [-0.3, -0.25) is 0 Å². The Morgan fingerprint density at radius 2 is 1.82 bits per heavy atom. The summed E-state index contributed by atoms with van der Waals surface area (Å²) in [5.41, 5.74) is -0.0958. The fourth-order valence-electron chi connectivity index (χ4n) is 1.16. The van der Waals surface area contributed by atoms with Crippen LogP contribution in [-0.2, 0) is 0 Å². The molecule has 0 bridgehead atoms. The van der Waals surface area contributed by atoms with Crippen molar-refractivity contribution in [2.45, 2.75) is 13.3 Å². The maximum atomic E-state index is 11.1. The van der Waals surface area contributed by atoms with Crippen LogP contribution in [0.3, 0.4) is 0 Å². The molecule has 0 unspecified atom stereocenters. The van der Waals surface area contributed by atoms with Crippen molar-refractivity contribution in [3.8, 4) is 11.5 Å². The van der Waals surface area contributed by atoms with Crippen molar-refractivity contribution in [3.05, 3.63) is 16.3 Å². The van der Waals surface area contributed by atoms with Crippen molar-refractivity contribution >= 4 is 73.7 Å². The predicted molar refractivity (Wildman–Crippen MR) is 89.0 cm³/mol. The molecule has 0 saturated heterocycles. The first-order chi connectivity index (χ1) is 7.91. The zero-order valence-electron chi connectivity index (χ0n) is 8.76. The van der Waals surface area contributed by atoms with E-state index in [1.807, 2.05) is 52.1 Å². The molecule has 0 aromatic heterocycles. The molecule has 1 aromatic carbocycles. The van der Waals surface area contributed by atoms with Gasteiger partial charge in [-0.15, -0.1) is 0 Å². The van der Waals surface area contributed by atoms with Crippen LogP contribution in [0.5, 0.6) is 11.5 Å². The summed E-state index contributed by atoms with van der Waals surface area (Å²) in [5.74, 6) is -1.18. The Morgan fingerprint density at radius 1 is 1.24 bits per heavy atom. The van der Waals surface area contributed by atoms with Gasteiger partial charge in [-0.2, -0.15) is 0 Å². The van der Waals surface area contributed by atoms with Gasteiger partial charge < -0.3 is 14.9 Å². The van der Waals surface area contributed by atoms with E-state index in [9.17, 15) is 9.90 Å². The molecule has 94 valence electrons. The number of rotatable bonds is 4. The van der Waals surface area contributed by atoms with E-state index in [0.29, 0.717) is 10.2 Å². The molecule has 0 fully saturated rings. The van der Waals surface area contributed by atoms with Gasteiger partial charge in [-0.1, -0.05) is 6.92 Å². The molecule has 1 rings (SSSR count). The molecule has 1 aromatic rings. The quantitative estimate of drug-likeness (QED) is 0.426. The van der Waals surface area contributed by atoms with E-state index in [1.54, 1.807) is 0 Å². The lowest BCUT2D eigenvalue weighted by Gasteiger charge is -2.14. The fourth-order valence-corrected chi connectivity index (χ4v) is 3.63. The van der Waals surface area contributed by atoms with Crippen molar-refractivity contribution in [1.29, 1.82) is 0 Å². The molecule has 0 radical (unpaired) electrons. The number of carboxylic acid groups (broad SMARTS) is 1. The Bertz CT molecular complexity index is 460. The average Bonchev–Trinajstić information content (AvgIpc) is 2.26. The lowest BCUT2D eigenvalue weighted by molar-refractivity contribution is 0.0691. The number of halogens is 3. The monoisotopic (exact) mass is 574 g/mol. The first kappa shape index (κ1) is 15.5. The molecule has 17 heavy (non-hydrogen) atoms. The summed E-state index contributed by atoms with van der Waals surface area (Å²) in [4.78, 5) is 11.1. The van der Waals surface area contributed by atoms with E-state index >= 15 is 0 Å². The van der Waals surface area contributed by atoms with Crippen LogP contribution >= 0.6 is 67.8 Å². The number of phenols is 1. The van der Waals surface area contributed by atoms with E-state index in [4.69, 9.17) is 9.84 Å². The Hall–Kier alpha value is 0.480. The van der Waals surface area contributed by atoms with Crippen LogP contribution in [-0.4, -0.2) is 22.8 Å². The van der Waals surface area contributed by atoms with Crippen molar-refractivity contribution in [3.63, 3.8) is 0 Å². The second kappa shape index (κ2) is 6.59. The molecular formula is C10H9I3O4. The van der Waals surface area contributed by atoms with Gasteiger partial charge in [0.15, 0.2) is 11.5 Å². The topological polar surface area (TPSA) is 66.8 Å². The number of aromatic hydroxyl groups is 1. The Labute approximate surface area is 140 Å². The number of ether oxygens (including phenoxy) is 1. The molecule has 4 nitrogen and oxygen atoms in total. The van der Waals surface area contributed by atoms with Crippen LogP contribution in [0.4, 0.5) is 0 Å². The molecule has 0 spiro atoms. The molecule has 7 heteroatoms. The second-order valence-electron chi connectivity index (χ2n) is 3.15. The molecule has 0 aliphatic heterocycles. The van der Waals surface area contributed by atoms with Gasteiger partial charge in [0, 0.05) is 7.14 Å². The number of aromatic carboxylic acids is 1. The molecular weight excluding hydrogens is 565 g/mol. The highest BCUT2D eigenvalue weighted by Crippen LogP contribution is 2.41. The predicted octanol–water partition coefficient (Wildman–Crippen LogP) is 3.69. The van der Waals surface area contributed by atoms with Gasteiger partial charge in [-0.25, -0.2) is 4.79 Å². The molecule has 0 heterocycles. The van der Waals surface area contributed by atoms with Crippen LogP contribution in [0.15, 0.2) is 0 Å². The minimum absolute atomic E-state index is 0.0958. The van der Waals surface area contributed by atoms with E-state index in [1.165, 1.54) is 0 Å². The number of hydrogen-bond acceptors (Lipinski definition) is 3. The third-order valence-electron chi connectivity index (χ3n) is 1.92. The largest absolute Gasteiger partial charge is 0.504 e. The Kier molecular flexibility index (Phi) is 6.02. The highest BCUT2D eigenvalue weighted by Gasteiger charge is 2.25. The van der Waals surface area contributed by atoms with Gasteiger partial charge >= 0.3 is 5.97 Å². The minimum atomic E-state index is -1.15. The lowest BCUT2D eigenvalue weighted by Crippen LogP contribution is -2.07. The van der Waals surface area contributed by atoms with Crippen LogP contribution in [0, 0.1) is 10.7 Å². The molecule has 2 N–H and O–H groups in total. The summed E-state index contributed by atoms with van der Waals surface area (Å²) in [7, 11) is 0. The molecule has 0 aliphatic rings. The zero-order chi connectivity index (χ0) is 13.2. The first-order valence-corrected chi connectivity index (χ1v) is 7.90. The SMILES string of the molecule is CCCOc1c(O)c(C(=O)O)c(I)c(I)c1I. The van der Waals surface area contributed by atoms with Gasteiger partial charge in [-0.05, 0) is 74.2 Å². The molecule has 0 atom stereocenters. The van der Waals surface area contributed by atoms with Crippen LogP contribution in [0.1, 0.15) is 23.7 Å². The van der Waals surface area contributed by atoms with E-state index < -0.39 is 5.97 Å². The van der Waals surface area contributed by atoms with Gasteiger partial charge in [0.1, 0.15) is 5.56 Å². The normalized spacial score (nSPS) is 10.4. The third kappa shape index (κ3) is 3.28. The summed E-state index contributed by atoms with van der Waals surface area (Å²) >= 11 is 6.02. The number of hydrogen-bond donors (Lipinski definition) is 2.